The molecule has 1 saturated carbocycles. The lowest BCUT2D eigenvalue weighted by molar-refractivity contribution is 0.196. The highest BCUT2D eigenvalue weighted by atomic mass is 32.2. The van der Waals surface area contributed by atoms with Gasteiger partial charge in [-0.3, -0.25) is 0 Å². The van der Waals surface area contributed by atoms with Crippen molar-refractivity contribution in [3.8, 4) is 22.3 Å². The Morgan fingerprint density at radius 3 is 1.66 bits per heavy atom. The third kappa shape index (κ3) is 7.11. The number of benzene rings is 7. The lowest BCUT2D eigenvalue weighted by atomic mass is 9.35. The molecule has 2 aliphatic carbocycles. The molecule has 4 heterocycles. The van der Waals surface area contributed by atoms with E-state index in [1.165, 1.54) is 120 Å². The summed E-state index contributed by atoms with van der Waals surface area (Å²) in [7, 11) is 0. The van der Waals surface area contributed by atoms with Gasteiger partial charge in [0.1, 0.15) is 0 Å². The van der Waals surface area contributed by atoms with Crippen LogP contribution in [0.15, 0.2) is 168 Å². The molecule has 5 heteroatoms. The first-order chi connectivity index (χ1) is 35.3. The van der Waals surface area contributed by atoms with E-state index < -0.39 is 0 Å². The monoisotopic (exact) mass is 1000 g/mol. The van der Waals surface area contributed by atoms with Crippen molar-refractivity contribution in [1.29, 1.82) is 0 Å². The molecule has 8 aromatic rings. The summed E-state index contributed by atoms with van der Waals surface area (Å²) >= 11 is 4.39. The molecule has 1 aromatic heterocycles. The van der Waals surface area contributed by atoms with Crippen molar-refractivity contribution in [3.63, 3.8) is 0 Å². The number of thioether (sulfide) groups is 1. The highest BCUT2D eigenvalue weighted by Crippen LogP contribution is 2.72. The van der Waals surface area contributed by atoms with E-state index in [-0.39, 0.29) is 38.5 Å². The molecule has 7 aromatic carbocycles. The molecule has 2 nitrogen and oxygen atoms in total. The van der Waals surface area contributed by atoms with Crippen LogP contribution < -0.4 is 20.7 Å². The molecule has 1 fully saturated rings. The molecule has 2 atom stereocenters. The molecule has 372 valence electrons. The van der Waals surface area contributed by atoms with E-state index in [1.807, 2.05) is 0 Å². The summed E-state index contributed by atoms with van der Waals surface area (Å²) in [4.78, 5) is 8.68. The number of allylic oxidation sites excluding steroid dienone is 1. The molecule has 0 radical (unpaired) electrons. The second-order valence-corrected chi connectivity index (χ2v) is 28.4. The van der Waals surface area contributed by atoms with Crippen molar-refractivity contribution in [1.82, 2.24) is 0 Å². The molecule has 0 N–H and O–H groups in total. The van der Waals surface area contributed by atoms with Gasteiger partial charge in [-0.15, -0.1) is 23.1 Å². The summed E-state index contributed by atoms with van der Waals surface area (Å²) in [6.45, 7) is 27.0. The van der Waals surface area contributed by atoms with E-state index in [0.717, 1.165) is 12.8 Å². The first-order valence-corrected chi connectivity index (χ1v) is 29.2. The quantitative estimate of drug-likeness (QED) is 0.159. The van der Waals surface area contributed by atoms with Crippen LogP contribution in [0.5, 0.6) is 0 Å². The van der Waals surface area contributed by atoms with Crippen molar-refractivity contribution in [2.24, 2.45) is 5.41 Å². The van der Waals surface area contributed by atoms with Crippen LogP contribution in [-0.4, -0.2) is 6.71 Å². The smallest absolute Gasteiger partial charge is 0.261 e. The van der Waals surface area contributed by atoms with Gasteiger partial charge in [0.2, 0.25) is 0 Å². The summed E-state index contributed by atoms with van der Waals surface area (Å²) in [5.74, 6) is 0. The number of anilines is 5. The van der Waals surface area contributed by atoms with Gasteiger partial charge < -0.3 is 9.80 Å². The zero-order chi connectivity index (χ0) is 51.3. The Hall–Kier alpha value is -5.75. The van der Waals surface area contributed by atoms with Gasteiger partial charge in [-0.05, 0) is 161 Å². The van der Waals surface area contributed by atoms with Gasteiger partial charge in [-0.2, -0.15) is 0 Å². The standard InChI is InChI=1S/C69H71BN2S2/c1-64(2,3)48-29-31-51(32-30-48)71-54-34-33-53-57-62(67(9,10)38-37-66(57,7)8)73-60(53)59(54)70-58-55(71)42-50(65(4,5)6)43-56(58)72(61-63(70)74-69(49-27-19-14-20-28-49)36-22-21-35-68(61,69)11)52-40-46(44-23-15-12-16-24-44)39-47(41-52)45-25-17-13-18-26-45/h12-20,23-34,39-43H,21-22,35-38H2,1-11H3. The highest BCUT2D eigenvalue weighted by molar-refractivity contribution is 8.06. The summed E-state index contributed by atoms with van der Waals surface area (Å²) in [5, 5.41) is 1.47. The fourth-order valence-electron chi connectivity index (χ4n) is 14.1. The molecular weight excluding hydrogens is 932 g/mol. The second-order valence-electron chi connectivity index (χ2n) is 26.1. The number of rotatable bonds is 5. The zero-order valence-electron chi connectivity index (χ0n) is 45.5. The molecule has 13 rings (SSSR count). The number of hydrogen-bond acceptors (Lipinski definition) is 4. The van der Waals surface area contributed by atoms with E-state index in [2.05, 4.69) is 267 Å². The van der Waals surface area contributed by atoms with E-state index in [9.17, 15) is 0 Å². The van der Waals surface area contributed by atoms with Crippen molar-refractivity contribution >= 4 is 79.3 Å². The minimum atomic E-state index is -0.190. The van der Waals surface area contributed by atoms with Gasteiger partial charge in [-0.25, -0.2) is 0 Å². The van der Waals surface area contributed by atoms with Gasteiger partial charge in [0.15, 0.2) is 0 Å². The maximum atomic E-state index is 2.85. The van der Waals surface area contributed by atoms with Gasteiger partial charge in [0.05, 0.1) is 4.75 Å². The Labute approximate surface area is 450 Å². The average molecular weight is 1000 g/mol. The fourth-order valence-corrected chi connectivity index (χ4v) is 17.9. The van der Waals surface area contributed by atoms with Crippen LogP contribution >= 0.6 is 23.1 Å². The zero-order valence-corrected chi connectivity index (χ0v) is 47.2. The lowest BCUT2D eigenvalue weighted by Crippen LogP contribution is -2.56. The van der Waals surface area contributed by atoms with Crippen molar-refractivity contribution in [3.05, 3.63) is 195 Å². The Morgan fingerprint density at radius 1 is 0.486 bits per heavy atom. The minimum absolute atomic E-state index is 0.0358. The fraction of sp³-hybridized carbons (Fsp3) is 0.333. The largest absolute Gasteiger partial charge is 0.314 e. The Balaban J connectivity index is 1.20. The molecule has 0 spiro atoms. The molecule has 5 aliphatic rings. The van der Waals surface area contributed by atoms with Crippen LogP contribution in [0.4, 0.5) is 28.4 Å². The summed E-state index contributed by atoms with van der Waals surface area (Å²) < 4.78 is 1.33. The second kappa shape index (κ2) is 16.6. The minimum Gasteiger partial charge on any atom is -0.314 e. The number of thiophene rings is 1. The summed E-state index contributed by atoms with van der Waals surface area (Å²) in [6.07, 6.45) is 7.09. The van der Waals surface area contributed by atoms with Crippen LogP contribution in [0.3, 0.4) is 0 Å². The van der Waals surface area contributed by atoms with E-state index in [0.29, 0.717) is 0 Å². The van der Waals surface area contributed by atoms with Crippen LogP contribution in [-0.2, 0) is 26.4 Å². The maximum Gasteiger partial charge on any atom is 0.261 e. The van der Waals surface area contributed by atoms with Crippen LogP contribution in [0.2, 0.25) is 0 Å². The van der Waals surface area contributed by atoms with Crippen molar-refractivity contribution in [2.75, 3.05) is 9.80 Å². The average Bonchev–Trinajstić information content (AvgIpc) is 4.01. The van der Waals surface area contributed by atoms with Gasteiger partial charge in [0, 0.05) is 49.1 Å². The summed E-state index contributed by atoms with van der Waals surface area (Å²) in [5.41, 5.74) is 21.5. The van der Waals surface area contributed by atoms with Crippen molar-refractivity contribution in [2.45, 2.75) is 141 Å². The molecule has 3 aliphatic heterocycles. The predicted octanol–water partition coefficient (Wildman–Crippen LogP) is 18.7. The van der Waals surface area contributed by atoms with Crippen LogP contribution in [0, 0.1) is 5.41 Å². The van der Waals surface area contributed by atoms with Crippen LogP contribution in [0.1, 0.15) is 142 Å². The number of fused-ring (bicyclic) bond motifs is 9. The Bertz CT molecular complexity index is 3520. The molecular formula is C69H71BN2S2. The maximum absolute atomic E-state index is 2.85. The van der Waals surface area contributed by atoms with E-state index in [1.54, 1.807) is 15.2 Å². The topological polar surface area (TPSA) is 6.48 Å². The van der Waals surface area contributed by atoms with E-state index in [4.69, 9.17) is 0 Å². The third-order valence-electron chi connectivity index (χ3n) is 18.3. The first kappa shape index (κ1) is 47.9. The van der Waals surface area contributed by atoms with Crippen molar-refractivity contribution < 1.29 is 0 Å². The molecule has 0 saturated heterocycles. The highest BCUT2D eigenvalue weighted by Gasteiger charge is 2.64. The molecule has 0 amide bonds. The normalized spacial score (nSPS) is 21.5. The number of nitrogens with zero attached hydrogens (tertiary/aromatic N) is 2. The van der Waals surface area contributed by atoms with Gasteiger partial charge in [-0.1, -0.05) is 198 Å². The van der Waals surface area contributed by atoms with E-state index >= 15 is 0 Å². The molecule has 0 bridgehead atoms. The Morgan fingerprint density at radius 2 is 1.05 bits per heavy atom. The SMILES string of the molecule is CC(C)(C)c1ccc(N2c3cc(C(C)(C)C)cc4c3B(C3=C(N4c4cc(-c5ccccc5)cc(-c5ccccc5)c4)C4(C)CCCCC4(c4ccccc4)S3)c3c2ccc2c4c(sc32)C(C)(C)CCC4(C)C)cc1. The van der Waals surface area contributed by atoms with Gasteiger partial charge in [0.25, 0.3) is 6.71 Å². The third-order valence-corrected chi connectivity index (χ3v) is 21.8. The first-order valence-electron chi connectivity index (χ1n) is 27.5. The lowest BCUT2D eigenvalue weighted by Gasteiger charge is -2.51. The predicted molar refractivity (Wildman–Crippen MR) is 323 cm³/mol. The summed E-state index contributed by atoms with van der Waals surface area (Å²) in [6, 6.07) is 61.4. The number of hydrogen-bond donors (Lipinski definition) is 0. The molecule has 74 heavy (non-hydrogen) atoms. The van der Waals surface area contributed by atoms with Gasteiger partial charge >= 0.3 is 0 Å². The van der Waals surface area contributed by atoms with Crippen LogP contribution in [0.25, 0.3) is 32.3 Å². The Kier molecular flexibility index (Phi) is 10.8. The molecule has 2 unspecified atom stereocenters.